The fourth-order valence-electron chi connectivity index (χ4n) is 4.55. The minimum atomic E-state index is -3.99. The Kier molecular flexibility index (Phi) is 7.12. The van der Waals surface area contributed by atoms with Crippen LogP contribution in [0.1, 0.15) is 41.6 Å². The number of carbonyl (C=O) groups is 1. The van der Waals surface area contributed by atoms with E-state index in [0.717, 1.165) is 30.0 Å². The summed E-state index contributed by atoms with van der Waals surface area (Å²) in [7, 11) is -3.26. The lowest BCUT2D eigenvalue weighted by Crippen LogP contribution is -2.33. The maximum Gasteiger partial charge on any atom is 0.264 e. The van der Waals surface area contributed by atoms with E-state index < -0.39 is 20.0 Å². The SMILES string of the molecule is COc1ccc(S(=O)(=O)N2CCc3cc(S(=O)(=O)N(C)C)ccc32)cc1C(=O)N1CCCCCC1. The summed E-state index contributed by atoms with van der Waals surface area (Å²) in [5.41, 5.74) is 1.31. The molecule has 0 aromatic heterocycles. The monoisotopic (exact) mass is 521 g/mol. The van der Waals surface area contributed by atoms with Crippen LogP contribution in [0.25, 0.3) is 0 Å². The average Bonchev–Trinajstić information content (AvgIpc) is 3.09. The number of hydrogen-bond donors (Lipinski definition) is 0. The van der Waals surface area contributed by atoms with Crippen molar-refractivity contribution < 1.29 is 26.4 Å². The number of methoxy groups -OCH3 is 1. The normalized spacial score (nSPS) is 16.8. The van der Waals surface area contributed by atoms with Gasteiger partial charge in [-0.1, -0.05) is 12.8 Å². The molecule has 2 aromatic rings. The molecule has 0 N–H and O–H groups in total. The van der Waals surface area contributed by atoms with E-state index in [2.05, 4.69) is 0 Å². The summed E-state index contributed by atoms with van der Waals surface area (Å²) in [5.74, 6) is 0.0970. The summed E-state index contributed by atoms with van der Waals surface area (Å²) in [5, 5.41) is 0. The Morgan fingerprint density at radius 3 is 2.17 bits per heavy atom. The molecule has 0 aliphatic carbocycles. The van der Waals surface area contributed by atoms with Crippen LogP contribution in [0.2, 0.25) is 0 Å². The van der Waals surface area contributed by atoms with Gasteiger partial charge in [0, 0.05) is 33.7 Å². The molecule has 2 aromatic carbocycles. The fraction of sp³-hybridized carbons (Fsp3) is 0.458. The Morgan fingerprint density at radius 1 is 0.886 bits per heavy atom. The van der Waals surface area contributed by atoms with Gasteiger partial charge >= 0.3 is 0 Å². The molecule has 1 amide bonds. The van der Waals surface area contributed by atoms with Crippen molar-refractivity contribution in [3.05, 3.63) is 47.5 Å². The van der Waals surface area contributed by atoms with Crippen molar-refractivity contribution in [3.63, 3.8) is 0 Å². The molecule has 1 saturated heterocycles. The van der Waals surface area contributed by atoms with Crippen molar-refractivity contribution in [2.75, 3.05) is 45.1 Å². The van der Waals surface area contributed by atoms with E-state index in [1.165, 1.54) is 61.9 Å². The quantitative estimate of drug-likeness (QED) is 0.579. The maximum absolute atomic E-state index is 13.6. The van der Waals surface area contributed by atoms with Gasteiger partial charge in [0.1, 0.15) is 5.75 Å². The van der Waals surface area contributed by atoms with Crippen LogP contribution < -0.4 is 9.04 Å². The van der Waals surface area contributed by atoms with Crippen LogP contribution in [-0.4, -0.2) is 72.8 Å². The van der Waals surface area contributed by atoms with Crippen molar-refractivity contribution in [1.82, 2.24) is 9.21 Å². The Balaban J connectivity index is 1.69. The topological polar surface area (TPSA) is 104 Å². The average molecular weight is 522 g/mol. The van der Waals surface area contributed by atoms with Crippen LogP contribution >= 0.6 is 0 Å². The van der Waals surface area contributed by atoms with Gasteiger partial charge in [0.25, 0.3) is 15.9 Å². The number of carbonyl (C=O) groups excluding carboxylic acids is 1. The van der Waals surface area contributed by atoms with Crippen LogP contribution in [0.3, 0.4) is 0 Å². The van der Waals surface area contributed by atoms with Crippen LogP contribution in [-0.2, 0) is 26.5 Å². The highest BCUT2D eigenvalue weighted by Gasteiger charge is 2.33. The van der Waals surface area contributed by atoms with Gasteiger partial charge in [-0.25, -0.2) is 21.1 Å². The number of rotatable bonds is 6. The number of sulfonamides is 2. The summed E-state index contributed by atoms with van der Waals surface area (Å²) in [6.45, 7) is 1.46. The van der Waals surface area contributed by atoms with Crippen LogP contribution in [0.4, 0.5) is 5.69 Å². The maximum atomic E-state index is 13.6. The molecule has 11 heteroatoms. The molecule has 35 heavy (non-hydrogen) atoms. The largest absolute Gasteiger partial charge is 0.496 e. The first-order valence-electron chi connectivity index (χ1n) is 11.6. The first kappa shape index (κ1) is 25.5. The Morgan fingerprint density at radius 2 is 1.54 bits per heavy atom. The summed E-state index contributed by atoms with van der Waals surface area (Å²) < 4.78 is 60.0. The Labute approximate surface area is 207 Å². The van der Waals surface area contributed by atoms with Gasteiger partial charge in [0.2, 0.25) is 10.0 Å². The van der Waals surface area contributed by atoms with Gasteiger partial charge in [0.05, 0.1) is 28.2 Å². The number of benzene rings is 2. The van der Waals surface area contributed by atoms with E-state index in [1.807, 2.05) is 0 Å². The lowest BCUT2D eigenvalue weighted by molar-refractivity contribution is 0.0758. The zero-order valence-corrected chi connectivity index (χ0v) is 21.9. The molecule has 0 atom stereocenters. The third-order valence-corrected chi connectivity index (χ3v) is 10.2. The Hall–Kier alpha value is -2.63. The number of anilines is 1. The summed E-state index contributed by atoms with van der Waals surface area (Å²) in [6, 6.07) is 8.83. The first-order chi connectivity index (χ1) is 16.6. The smallest absolute Gasteiger partial charge is 0.264 e. The van der Waals surface area contributed by atoms with E-state index >= 15 is 0 Å². The number of likely N-dealkylation sites (tertiary alicyclic amines) is 1. The number of ether oxygens (including phenoxy) is 1. The second-order valence-electron chi connectivity index (χ2n) is 8.97. The predicted octanol–water partition coefficient (Wildman–Crippen LogP) is 2.71. The van der Waals surface area contributed by atoms with Crippen molar-refractivity contribution in [2.45, 2.75) is 41.9 Å². The second kappa shape index (κ2) is 9.79. The van der Waals surface area contributed by atoms with E-state index in [9.17, 15) is 21.6 Å². The van der Waals surface area contributed by atoms with Gasteiger partial charge in [-0.2, -0.15) is 0 Å². The molecule has 0 bridgehead atoms. The molecule has 0 saturated carbocycles. The van der Waals surface area contributed by atoms with Crippen molar-refractivity contribution in [2.24, 2.45) is 0 Å². The number of nitrogens with zero attached hydrogens (tertiary/aromatic N) is 3. The van der Waals surface area contributed by atoms with Crippen molar-refractivity contribution in [3.8, 4) is 5.75 Å². The molecular weight excluding hydrogens is 490 g/mol. The summed E-state index contributed by atoms with van der Waals surface area (Å²) in [6.07, 6.45) is 4.37. The van der Waals surface area contributed by atoms with Gasteiger partial charge in [-0.05, 0) is 61.2 Å². The van der Waals surface area contributed by atoms with Crippen LogP contribution in [0, 0.1) is 0 Å². The lowest BCUT2D eigenvalue weighted by atomic mass is 10.1. The fourth-order valence-corrected chi connectivity index (χ4v) is 7.04. The molecule has 2 heterocycles. The highest BCUT2D eigenvalue weighted by molar-refractivity contribution is 7.92. The molecule has 0 unspecified atom stereocenters. The predicted molar refractivity (Wildman–Crippen MR) is 133 cm³/mol. The minimum Gasteiger partial charge on any atom is -0.496 e. The number of hydrogen-bond acceptors (Lipinski definition) is 6. The van der Waals surface area contributed by atoms with Gasteiger partial charge in [-0.15, -0.1) is 0 Å². The van der Waals surface area contributed by atoms with E-state index in [4.69, 9.17) is 4.74 Å². The minimum absolute atomic E-state index is 0.00527. The van der Waals surface area contributed by atoms with E-state index in [0.29, 0.717) is 36.5 Å². The van der Waals surface area contributed by atoms with Crippen LogP contribution in [0.5, 0.6) is 5.75 Å². The van der Waals surface area contributed by atoms with E-state index in [1.54, 1.807) is 4.90 Å². The van der Waals surface area contributed by atoms with E-state index in [-0.39, 0.29) is 27.8 Å². The molecule has 4 rings (SSSR count). The van der Waals surface area contributed by atoms with Gasteiger partial charge in [0.15, 0.2) is 0 Å². The molecule has 2 aliphatic rings. The molecular formula is C24H31N3O6S2. The molecule has 1 fully saturated rings. The molecule has 2 aliphatic heterocycles. The number of amides is 1. The van der Waals surface area contributed by atoms with Gasteiger partial charge < -0.3 is 9.64 Å². The Bertz CT molecular complexity index is 1330. The summed E-state index contributed by atoms with van der Waals surface area (Å²) in [4.78, 5) is 15.2. The third kappa shape index (κ3) is 4.76. The summed E-state index contributed by atoms with van der Waals surface area (Å²) >= 11 is 0. The highest BCUT2D eigenvalue weighted by atomic mass is 32.2. The molecule has 0 radical (unpaired) electrons. The van der Waals surface area contributed by atoms with Crippen LogP contribution in [0.15, 0.2) is 46.2 Å². The lowest BCUT2D eigenvalue weighted by Gasteiger charge is -2.23. The molecule has 0 spiro atoms. The second-order valence-corrected chi connectivity index (χ2v) is 13.0. The molecule has 9 nitrogen and oxygen atoms in total. The zero-order valence-electron chi connectivity index (χ0n) is 20.2. The standard InChI is InChI=1S/C24H31N3O6S2/c1-25(2)34(29,30)19-8-10-22-18(16-19)12-15-27(22)35(31,32)20-9-11-23(33-3)21(17-20)24(28)26-13-6-4-5-7-14-26/h8-11,16-17H,4-7,12-15H2,1-3H3. The number of fused-ring (bicyclic) bond motifs is 1. The van der Waals surface area contributed by atoms with Crippen molar-refractivity contribution in [1.29, 1.82) is 0 Å². The van der Waals surface area contributed by atoms with Gasteiger partial charge in [-0.3, -0.25) is 9.10 Å². The zero-order chi connectivity index (χ0) is 25.4. The first-order valence-corrected chi connectivity index (χ1v) is 14.5. The molecule has 190 valence electrons. The third-order valence-electron chi connectivity index (χ3n) is 6.57. The van der Waals surface area contributed by atoms with Crippen molar-refractivity contribution >= 4 is 31.6 Å². The highest BCUT2D eigenvalue weighted by Crippen LogP contribution is 2.36.